The minimum Gasteiger partial charge on any atom is -0.466 e. The summed E-state index contributed by atoms with van der Waals surface area (Å²) < 4.78 is 5.50. The van der Waals surface area contributed by atoms with Crippen molar-refractivity contribution in [2.75, 3.05) is 13.2 Å². The highest BCUT2D eigenvalue weighted by atomic mass is 16.5. The van der Waals surface area contributed by atoms with E-state index in [0.717, 1.165) is 44.9 Å². The van der Waals surface area contributed by atoms with Gasteiger partial charge < -0.3 is 20.3 Å². The molecule has 6 heteroatoms. The molecule has 0 rings (SSSR count). The molecule has 3 N–H and O–H groups in total. The summed E-state index contributed by atoms with van der Waals surface area (Å²) in [5.74, 6) is -0.0347. The van der Waals surface area contributed by atoms with Crippen molar-refractivity contribution >= 4 is 11.9 Å². The van der Waals surface area contributed by atoms with Gasteiger partial charge in [-0.15, -0.1) is 0 Å². The minimum atomic E-state index is -0.671. The molecule has 0 saturated carbocycles. The second kappa shape index (κ2) is 67.8. The van der Waals surface area contributed by atoms with Gasteiger partial charge in [0, 0.05) is 12.8 Å². The molecule has 0 fully saturated rings. The Morgan fingerprint density at radius 3 is 0.910 bits per heavy atom. The number of hydrogen-bond acceptors (Lipinski definition) is 5. The lowest BCUT2D eigenvalue weighted by molar-refractivity contribution is -0.143. The number of hydrogen-bond donors (Lipinski definition) is 3. The molecule has 0 aliphatic carbocycles. The number of aliphatic hydroxyl groups is 2. The Hall–Kier alpha value is -1.66. The number of carbonyl (C=O) groups is 2. The largest absolute Gasteiger partial charge is 0.466 e. The third kappa shape index (κ3) is 63.5. The molecule has 0 heterocycles. The van der Waals surface area contributed by atoms with Gasteiger partial charge in [0.15, 0.2) is 0 Å². The van der Waals surface area contributed by atoms with Gasteiger partial charge in [-0.1, -0.05) is 334 Å². The third-order valence-corrected chi connectivity index (χ3v) is 16.7. The Kier molecular flexibility index (Phi) is 66.4. The molecule has 0 aromatic heterocycles. The van der Waals surface area contributed by atoms with Crippen LogP contribution < -0.4 is 5.32 Å². The van der Waals surface area contributed by atoms with Crippen molar-refractivity contribution in [3.63, 3.8) is 0 Å². The van der Waals surface area contributed by atoms with E-state index >= 15 is 0 Å². The van der Waals surface area contributed by atoms with Gasteiger partial charge in [-0.3, -0.25) is 9.59 Å². The zero-order chi connectivity index (χ0) is 56.4. The topological polar surface area (TPSA) is 95.9 Å². The van der Waals surface area contributed by atoms with Crippen molar-refractivity contribution < 1.29 is 24.5 Å². The zero-order valence-electron chi connectivity index (χ0n) is 52.9. The van der Waals surface area contributed by atoms with Gasteiger partial charge in [0.2, 0.25) is 5.91 Å². The Bertz CT molecular complexity index is 1220. The molecular formula is C72H139NO5. The average Bonchev–Trinajstić information content (AvgIpc) is 3.44. The lowest BCUT2D eigenvalue weighted by atomic mass is 10.0. The Balaban J connectivity index is 3.42. The molecule has 0 spiro atoms. The highest BCUT2D eigenvalue weighted by Crippen LogP contribution is 2.19. The van der Waals surface area contributed by atoms with Crippen molar-refractivity contribution in [1.82, 2.24) is 5.32 Å². The number of allylic oxidation sites excluding steroid dienone is 4. The van der Waals surface area contributed by atoms with E-state index in [4.69, 9.17) is 4.74 Å². The molecule has 0 aliphatic rings. The summed E-state index contributed by atoms with van der Waals surface area (Å²) in [4.78, 5) is 24.7. The fraction of sp³-hybridized carbons (Fsp3) is 0.917. The minimum absolute atomic E-state index is 0.00447. The highest BCUT2D eigenvalue weighted by molar-refractivity contribution is 5.76. The molecule has 462 valence electrons. The van der Waals surface area contributed by atoms with E-state index in [2.05, 4.69) is 43.5 Å². The molecule has 2 unspecified atom stereocenters. The van der Waals surface area contributed by atoms with Crippen molar-refractivity contribution in [2.45, 2.75) is 411 Å². The predicted octanol–water partition coefficient (Wildman–Crippen LogP) is 22.9. The van der Waals surface area contributed by atoms with Gasteiger partial charge in [-0.25, -0.2) is 0 Å². The molecule has 0 bridgehead atoms. The number of aliphatic hydroxyl groups excluding tert-OH is 2. The van der Waals surface area contributed by atoms with E-state index in [1.54, 1.807) is 0 Å². The van der Waals surface area contributed by atoms with Gasteiger partial charge in [-0.05, 0) is 77.0 Å². The monoisotopic (exact) mass is 1100 g/mol. The van der Waals surface area contributed by atoms with Gasteiger partial charge >= 0.3 is 5.97 Å². The standard InChI is InChI=1S/C72H139NO5/c1-3-5-7-9-11-13-15-17-19-21-23-24-25-26-29-32-36-40-44-48-52-56-60-64-70(75)69(68-74)73-71(76)65-61-57-53-49-45-41-37-33-30-27-28-31-35-39-43-47-51-55-59-63-67-78-72(77)66-62-58-54-50-46-42-38-34-22-20-18-16-14-12-10-8-6-4-2/h20,22,27,30,69-70,74-75H,3-19,21,23-26,28-29,31-68H2,1-2H3,(H,73,76)/b22-20-,30-27-. The zero-order valence-corrected chi connectivity index (χ0v) is 52.9. The Morgan fingerprint density at radius 1 is 0.346 bits per heavy atom. The number of unbranched alkanes of at least 4 members (excludes halogenated alkanes) is 52. The maximum atomic E-state index is 12.5. The van der Waals surface area contributed by atoms with Gasteiger partial charge in [0.1, 0.15) is 0 Å². The molecule has 0 aliphatic heterocycles. The lowest BCUT2D eigenvalue weighted by Gasteiger charge is -2.22. The van der Waals surface area contributed by atoms with E-state index in [1.807, 2.05) is 0 Å². The van der Waals surface area contributed by atoms with Crippen LogP contribution in [-0.2, 0) is 14.3 Å². The van der Waals surface area contributed by atoms with Crippen LogP contribution in [0.25, 0.3) is 0 Å². The highest BCUT2D eigenvalue weighted by Gasteiger charge is 2.20. The predicted molar refractivity (Wildman–Crippen MR) is 343 cm³/mol. The summed E-state index contributed by atoms with van der Waals surface area (Å²) >= 11 is 0. The van der Waals surface area contributed by atoms with Crippen LogP contribution in [0.3, 0.4) is 0 Å². The van der Waals surface area contributed by atoms with E-state index in [-0.39, 0.29) is 18.5 Å². The van der Waals surface area contributed by atoms with Crippen molar-refractivity contribution in [3.8, 4) is 0 Å². The first-order valence-electron chi connectivity index (χ1n) is 35.6. The summed E-state index contributed by atoms with van der Waals surface area (Å²) in [7, 11) is 0. The quantitative estimate of drug-likeness (QED) is 0.0320. The summed E-state index contributed by atoms with van der Waals surface area (Å²) in [6, 6.07) is -0.549. The number of esters is 1. The van der Waals surface area contributed by atoms with E-state index < -0.39 is 12.1 Å². The molecule has 0 aromatic carbocycles. The summed E-state index contributed by atoms with van der Waals surface area (Å²) in [6.45, 7) is 4.98. The SMILES string of the molecule is CCCCCCCCC/C=C\CCCCCCCCCC(=O)OCCCCCCCCCCC/C=C\CCCCCCCCCC(=O)NC(CO)C(O)CCCCCCCCCCCCCCCCCCCCCCCCC. The van der Waals surface area contributed by atoms with Crippen LogP contribution in [-0.4, -0.2) is 47.4 Å². The maximum Gasteiger partial charge on any atom is 0.305 e. The molecule has 1 amide bonds. The fourth-order valence-corrected chi connectivity index (χ4v) is 11.3. The van der Waals surface area contributed by atoms with Gasteiger partial charge in [0.05, 0.1) is 25.4 Å². The van der Waals surface area contributed by atoms with Gasteiger partial charge in [-0.2, -0.15) is 0 Å². The second-order valence-corrected chi connectivity index (χ2v) is 24.6. The van der Waals surface area contributed by atoms with Crippen LogP contribution in [0.2, 0.25) is 0 Å². The van der Waals surface area contributed by atoms with Crippen LogP contribution in [0.5, 0.6) is 0 Å². The smallest absolute Gasteiger partial charge is 0.305 e. The van der Waals surface area contributed by atoms with Gasteiger partial charge in [0.25, 0.3) is 0 Å². The third-order valence-electron chi connectivity index (χ3n) is 16.7. The van der Waals surface area contributed by atoms with Crippen molar-refractivity contribution in [3.05, 3.63) is 24.3 Å². The summed E-state index contributed by atoms with van der Waals surface area (Å²) in [5.41, 5.74) is 0. The summed E-state index contributed by atoms with van der Waals surface area (Å²) in [5, 5.41) is 23.4. The maximum absolute atomic E-state index is 12.5. The van der Waals surface area contributed by atoms with Crippen molar-refractivity contribution in [2.24, 2.45) is 0 Å². The first-order valence-corrected chi connectivity index (χ1v) is 35.6. The lowest BCUT2D eigenvalue weighted by Crippen LogP contribution is -2.45. The van der Waals surface area contributed by atoms with Crippen LogP contribution >= 0.6 is 0 Å². The van der Waals surface area contributed by atoms with Crippen LogP contribution in [0.15, 0.2) is 24.3 Å². The molecule has 6 nitrogen and oxygen atoms in total. The number of rotatable bonds is 67. The molecule has 0 radical (unpaired) electrons. The van der Waals surface area contributed by atoms with Crippen LogP contribution in [0, 0.1) is 0 Å². The molecule has 78 heavy (non-hydrogen) atoms. The number of nitrogens with one attached hydrogen (secondary N) is 1. The van der Waals surface area contributed by atoms with Crippen molar-refractivity contribution in [1.29, 1.82) is 0 Å². The number of carbonyl (C=O) groups excluding carboxylic acids is 2. The molecule has 0 aromatic rings. The summed E-state index contributed by atoms with van der Waals surface area (Å²) in [6.07, 6.45) is 85.0. The molecule has 2 atom stereocenters. The van der Waals surface area contributed by atoms with E-state index in [9.17, 15) is 19.8 Å². The second-order valence-electron chi connectivity index (χ2n) is 24.6. The number of ether oxygens (including phenoxy) is 1. The Morgan fingerprint density at radius 2 is 0.603 bits per heavy atom. The van der Waals surface area contributed by atoms with Crippen LogP contribution in [0.1, 0.15) is 399 Å². The number of amides is 1. The first-order chi connectivity index (χ1) is 38.5. The fourth-order valence-electron chi connectivity index (χ4n) is 11.3. The Labute approximate surface area is 488 Å². The normalized spacial score (nSPS) is 12.6. The molecule has 0 saturated heterocycles. The van der Waals surface area contributed by atoms with Crippen LogP contribution in [0.4, 0.5) is 0 Å². The average molecular weight is 1100 g/mol. The first kappa shape index (κ1) is 76.3. The van der Waals surface area contributed by atoms with E-state index in [1.165, 1.54) is 321 Å². The molecular weight excluding hydrogens is 959 g/mol. The van der Waals surface area contributed by atoms with E-state index in [0.29, 0.717) is 25.9 Å².